The molecule has 1 aliphatic heterocycles. The van der Waals surface area contributed by atoms with Gasteiger partial charge in [-0.05, 0) is 18.9 Å². The molecule has 8 nitrogen and oxygen atoms in total. The maximum absolute atomic E-state index is 12.0. The average Bonchev–Trinajstić information content (AvgIpc) is 3.19. The monoisotopic (exact) mass is 355 g/mol. The molecule has 0 bridgehead atoms. The highest BCUT2D eigenvalue weighted by molar-refractivity contribution is 5.82. The van der Waals surface area contributed by atoms with Crippen molar-refractivity contribution in [2.45, 2.75) is 37.8 Å². The van der Waals surface area contributed by atoms with E-state index in [1.165, 1.54) is 12.8 Å². The van der Waals surface area contributed by atoms with Crippen LogP contribution in [0.1, 0.15) is 31.7 Å². The first kappa shape index (κ1) is 16.8. The quantitative estimate of drug-likeness (QED) is 0.896. The van der Waals surface area contributed by atoms with Crippen LogP contribution < -0.4 is 10.2 Å². The molecule has 1 saturated heterocycles. The standard InChI is InChI=1S/C18H25N7O/c1-23-9-10-24(12-18(23)26)17-11-16(19-13-20-17)22-14-5-2-3-6-15(14)25-8-4-7-21-25/h4,7-8,11,13-15H,2-3,5-6,9-10,12H2,1H3,(H,19,20,22). The Bertz CT molecular complexity index is 748. The fourth-order valence-electron chi connectivity index (χ4n) is 3.82. The Morgan fingerprint density at radius 3 is 2.88 bits per heavy atom. The lowest BCUT2D eigenvalue weighted by Crippen LogP contribution is -2.48. The van der Waals surface area contributed by atoms with Crippen molar-refractivity contribution in [1.82, 2.24) is 24.6 Å². The summed E-state index contributed by atoms with van der Waals surface area (Å²) < 4.78 is 2.05. The summed E-state index contributed by atoms with van der Waals surface area (Å²) in [6, 6.07) is 4.55. The fourth-order valence-corrected chi connectivity index (χ4v) is 3.82. The Hall–Kier alpha value is -2.64. The Morgan fingerprint density at radius 1 is 1.19 bits per heavy atom. The van der Waals surface area contributed by atoms with E-state index < -0.39 is 0 Å². The maximum Gasteiger partial charge on any atom is 0.241 e. The van der Waals surface area contributed by atoms with Gasteiger partial charge in [0.15, 0.2) is 0 Å². The van der Waals surface area contributed by atoms with Crippen molar-refractivity contribution in [3.8, 4) is 0 Å². The number of carbonyl (C=O) groups is 1. The summed E-state index contributed by atoms with van der Waals surface area (Å²) in [6.07, 6.45) is 10.1. The van der Waals surface area contributed by atoms with Gasteiger partial charge in [0.25, 0.3) is 0 Å². The third-order valence-corrected chi connectivity index (χ3v) is 5.36. The molecule has 0 aromatic carbocycles. The minimum Gasteiger partial charge on any atom is -0.365 e. The third kappa shape index (κ3) is 3.49. The van der Waals surface area contributed by atoms with Gasteiger partial charge < -0.3 is 15.1 Å². The average molecular weight is 355 g/mol. The molecule has 0 spiro atoms. The largest absolute Gasteiger partial charge is 0.365 e. The molecule has 2 aromatic rings. The highest BCUT2D eigenvalue weighted by Crippen LogP contribution is 2.30. The third-order valence-electron chi connectivity index (χ3n) is 5.36. The number of nitrogens with one attached hydrogen (secondary N) is 1. The molecule has 1 aliphatic carbocycles. The van der Waals surface area contributed by atoms with Crippen LogP contribution in [0.25, 0.3) is 0 Å². The number of carbonyl (C=O) groups excluding carboxylic acids is 1. The second kappa shape index (κ2) is 7.31. The molecule has 3 heterocycles. The summed E-state index contributed by atoms with van der Waals surface area (Å²) in [4.78, 5) is 24.5. The normalized spacial score (nSPS) is 24.0. The molecule has 2 unspecified atom stereocenters. The molecule has 4 rings (SSSR count). The minimum atomic E-state index is 0.121. The van der Waals surface area contributed by atoms with E-state index in [9.17, 15) is 4.79 Å². The number of amides is 1. The molecular formula is C18H25N7O. The lowest BCUT2D eigenvalue weighted by atomic mass is 9.90. The molecule has 2 aromatic heterocycles. The van der Waals surface area contributed by atoms with Crippen LogP contribution in [0.5, 0.6) is 0 Å². The number of rotatable bonds is 4. The summed E-state index contributed by atoms with van der Waals surface area (Å²) in [7, 11) is 1.84. The molecule has 138 valence electrons. The van der Waals surface area contributed by atoms with Crippen molar-refractivity contribution in [3.63, 3.8) is 0 Å². The molecular weight excluding hydrogens is 330 g/mol. The van der Waals surface area contributed by atoms with Crippen LogP contribution in [0.15, 0.2) is 30.9 Å². The van der Waals surface area contributed by atoms with E-state index in [0.717, 1.165) is 37.6 Å². The topological polar surface area (TPSA) is 79.2 Å². The molecule has 1 saturated carbocycles. The van der Waals surface area contributed by atoms with E-state index in [0.29, 0.717) is 18.6 Å². The molecule has 1 N–H and O–H groups in total. The van der Waals surface area contributed by atoms with Gasteiger partial charge in [-0.3, -0.25) is 9.48 Å². The number of nitrogens with zero attached hydrogens (tertiary/aromatic N) is 6. The molecule has 0 radical (unpaired) electrons. The van der Waals surface area contributed by atoms with Crippen LogP contribution in [0.2, 0.25) is 0 Å². The van der Waals surface area contributed by atoms with Gasteiger partial charge in [-0.1, -0.05) is 12.8 Å². The SMILES string of the molecule is CN1CCN(c2cc(NC3CCCCC3n3cccn3)ncn2)CC1=O. The predicted molar refractivity (Wildman–Crippen MR) is 99.0 cm³/mol. The second-order valence-corrected chi connectivity index (χ2v) is 7.09. The Balaban J connectivity index is 1.48. The zero-order valence-electron chi connectivity index (χ0n) is 15.1. The van der Waals surface area contributed by atoms with Crippen LogP contribution in [0.3, 0.4) is 0 Å². The zero-order chi connectivity index (χ0) is 17.9. The fraction of sp³-hybridized carbons (Fsp3) is 0.556. The summed E-state index contributed by atoms with van der Waals surface area (Å²) in [5, 5.41) is 8.02. The Morgan fingerprint density at radius 2 is 2.08 bits per heavy atom. The van der Waals surface area contributed by atoms with Gasteiger partial charge >= 0.3 is 0 Å². The van der Waals surface area contributed by atoms with Crippen molar-refractivity contribution in [2.24, 2.45) is 0 Å². The van der Waals surface area contributed by atoms with E-state index in [1.54, 1.807) is 11.2 Å². The Kier molecular flexibility index (Phi) is 4.73. The molecule has 26 heavy (non-hydrogen) atoms. The minimum absolute atomic E-state index is 0.121. The van der Waals surface area contributed by atoms with Gasteiger partial charge in [-0.15, -0.1) is 0 Å². The molecule has 8 heteroatoms. The van der Waals surface area contributed by atoms with E-state index >= 15 is 0 Å². The smallest absolute Gasteiger partial charge is 0.241 e. The van der Waals surface area contributed by atoms with Crippen LogP contribution in [-0.4, -0.2) is 63.3 Å². The lowest BCUT2D eigenvalue weighted by Gasteiger charge is -2.34. The lowest BCUT2D eigenvalue weighted by molar-refractivity contribution is -0.129. The molecule has 1 amide bonds. The zero-order valence-corrected chi connectivity index (χ0v) is 15.1. The van der Waals surface area contributed by atoms with Gasteiger partial charge in [0.05, 0.1) is 12.6 Å². The van der Waals surface area contributed by atoms with Gasteiger partial charge in [0.2, 0.25) is 5.91 Å². The number of likely N-dealkylation sites (N-methyl/N-ethyl adjacent to an activating group) is 1. The van der Waals surface area contributed by atoms with Crippen LogP contribution >= 0.6 is 0 Å². The number of aromatic nitrogens is 4. The van der Waals surface area contributed by atoms with Crippen molar-refractivity contribution in [2.75, 3.05) is 36.9 Å². The Labute approximate surface area is 153 Å². The van der Waals surface area contributed by atoms with E-state index in [2.05, 4.69) is 25.1 Å². The number of anilines is 2. The first-order valence-electron chi connectivity index (χ1n) is 9.27. The first-order chi connectivity index (χ1) is 12.7. The van der Waals surface area contributed by atoms with Gasteiger partial charge in [-0.2, -0.15) is 5.10 Å². The van der Waals surface area contributed by atoms with Crippen molar-refractivity contribution >= 4 is 17.5 Å². The highest BCUT2D eigenvalue weighted by Gasteiger charge is 2.28. The predicted octanol–water partition coefficient (Wildman–Crippen LogP) is 1.55. The summed E-state index contributed by atoms with van der Waals surface area (Å²) in [5.41, 5.74) is 0. The van der Waals surface area contributed by atoms with Crippen molar-refractivity contribution in [1.29, 1.82) is 0 Å². The first-order valence-corrected chi connectivity index (χ1v) is 9.27. The highest BCUT2D eigenvalue weighted by atomic mass is 16.2. The van der Waals surface area contributed by atoms with Gasteiger partial charge in [0, 0.05) is 44.6 Å². The van der Waals surface area contributed by atoms with Crippen molar-refractivity contribution in [3.05, 3.63) is 30.9 Å². The number of hydrogen-bond acceptors (Lipinski definition) is 6. The van der Waals surface area contributed by atoms with E-state index in [4.69, 9.17) is 0 Å². The molecule has 2 atom stereocenters. The molecule has 2 aliphatic rings. The van der Waals surface area contributed by atoms with E-state index in [-0.39, 0.29) is 5.91 Å². The van der Waals surface area contributed by atoms with Crippen LogP contribution in [0, 0.1) is 0 Å². The summed E-state index contributed by atoms with van der Waals surface area (Å²) >= 11 is 0. The summed E-state index contributed by atoms with van der Waals surface area (Å²) in [5.74, 6) is 1.73. The van der Waals surface area contributed by atoms with Gasteiger partial charge in [0.1, 0.15) is 18.0 Å². The second-order valence-electron chi connectivity index (χ2n) is 7.09. The molecule has 2 fully saturated rings. The van der Waals surface area contributed by atoms with Crippen molar-refractivity contribution < 1.29 is 4.79 Å². The number of piperazine rings is 1. The maximum atomic E-state index is 12.0. The summed E-state index contributed by atoms with van der Waals surface area (Å²) in [6.45, 7) is 1.87. The van der Waals surface area contributed by atoms with Crippen LogP contribution in [0.4, 0.5) is 11.6 Å². The number of hydrogen-bond donors (Lipinski definition) is 1. The van der Waals surface area contributed by atoms with E-state index in [1.807, 2.05) is 36.5 Å². The van der Waals surface area contributed by atoms with Gasteiger partial charge in [-0.25, -0.2) is 9.97 Å². The van der Waals surface area contributed by atoms with Crippen LogP contribution in [-0.2, 0) is 4.79 Å².